The Morgan fingerprint density at radius 3 is 2.75 bits per heavy atom. The average Bonchev–Trinajstić information content (AvgIpc) is 3.32. The largest absolute Gasteiger partial charge is 0.454 e. The maximum Gasteiger partial charge on any atom is 0.198 e. The first-order valence-electron chi connectivity index (χ1n) is 11.4. The quantitative estimate of drug-likeness (QED) is 0.284. The van der Waals surface area contributed by atoms with E-state index in [1.807, 2.05) is 0 Å². The summed E-state index contributed by atoms with van der Waals surface area (Å²) in [7, 11) is 0. The number of H-pyrrole nitrogens is 1. The third-order valence-electron chi connectivity index (χ3n) is 6.07. The number of hydrogen-bond donors (Lipinski definition) is 3. The number of aromatic amines is 1. The first kappa shape index (κ1) is 24.2. The fourth-order valence-electron chi connectivity index (χ4n) is 4.20. The summed E-state index contributed by atoms with van der Waals surface area (Å²) in [6, 6.07) is 9.40. The van der Waals surface area contributed by atoms with Crippen molar-refractivity contribution in [3.63, 3.8) is 0 Å². The van der Waals surface area contributed by atoms with E-state index in [9.17, 15) is 14.3 Å². The number of ether oxygens (including phenoxy) is 2. The zero-order valence-electron chi connectivity index (χ0n) is 18.9. The summed E-state index contributed by atoms with van der Waals surface area (Å²) < 4.78 is 40.0. The summed E-state index contributed by atoms with van der Waals surface area (Å²) in [6.07, 6.45) is 4.13. The first-order chi connectivity index (χ1) is 17.4. The van der Waals surface area contributed by atoms with Crippen LogP contribution in [0.2, 0.25) is 5.02 Å². The van der Waals surface area contributed by atoms with E-state index in [0.717, 1.165) is 12.5 Å². The number of hydrogen-bond acceptors (Lipinski definition) is 6. The van der Waals surface area contributed by atoms with Crippen LogP contribution in [0.25, 0.3) is 11.0 Å². The Morgan fingerprint density at radius 2 is 2.03 bits per heavy atom. The number of ketones is 1. The van der Waals surface area contributed by atoms with Crippen molar-refractivity contribution in [1.29, 1.82) is 0 Å². The number of fused-ring (bicyclic) bond motifs is 1. The molecule has 5 rings (SSSR count). The summed E-state index contributed by atoms with van der Waals surface area (Å²) in [5.74, 6) is -1.98. The number of pyridine rings is 1. The summed E-state index contributed by atoms with van der Waals surface area (Å²) >= 11 is 6.45. The molecule has 4 aromatic rings. The van der Waals surface area contributed by atoms with Crippen LogP contribution in [0, 0.1) is 11.6 Å². The molecule has 1 saturated heterocycles. The van der Waals surface area contributed by atoms with Crippen LogP contribution in [-0.2, 0) is 4.74 Å². The lowest BCUT2D eigenvalue weighted by Crippen LogP contribution is -2.36. The van der Waals surface area contributed by atoms with E-state index in [0.29, 0.717) is 34.8 Å². The lowest BCUT2D eigenvalue weighted by molar-refractivity contribution is -0.0223. The van der Waals surface area contributed by atoms with Crippen LogP contribution in [0.1, 0.15) is 28.8 Å². The van der Waals surface area contributed by atoms with Gasteiger partial charge in [-0.1, -0.05) is 23.7 Å². The van der Waals surface area contributed by atoms with Crippen molar-refractivity contribution >= 4 is 34.1 Å². The van der Waals surface area contributed by atoms with Gasteiger partial charge >= 0.3 is 0 Å². The van der Waals surface area contributed by atoms with E-state index in [-0.39, 0.29) is 41.4 Å². The molecule has 1 aliphatic rings. The zero-order chi connectivity index (χ0) is 25.2. The predicted octanol–water partition coefficient (Wildman–Crippen LogP) is 5.47. The van der Waals surface area contributed by atoms with Gasteiger partial charge in [-0.05, 0) is 37.1 Å². The minimum Gasteiger partial charge on any atom is -0.454 e. The van der Waals surface area contributed by atoms with Gasteiger partial charge in [-0.2, -0.15) is 0 Å². The van der Waals surface area contributed by atoms with E-state index in [2.05, 4.69) is 15.3 Å². The summed E-state index contributed by atoms with van der Waals surface area (Å²) in [5, 5.41) is 13.3. The number of rotatable bonds is 7. The molecule has 3 heterocycles. The van der Waals surface area contributed by atoms with E-state index in [1.54, 1.807) is 6.07 Å². The zero-order valence-corrected chi connectivity index (χ0v) is 19.7. The van der Waals surface area contributed by atoms with Crippen LogP contribution in [-0.4, -0.2) is 46.2 Å². The molecular weight excluding hydrogens is 492 g/mol. The van der Waals surface area contributed by atoms with Crippen LogP contribution in [0.15, 0.2) is 54.9 Å². The number of para-hydroxylation sites is 1. The third kappa shape index (κ3) is 4.77. The van der Waals surface area contributed by atoms with Gasteiger partial charge in [0.15, 0.2) is 17.3 Å². The number of aliphatic hydroxyl groups excluding tert-OH is 1. The van der Waals surface area contributed by atoms with Gasteiger partial charge in [-0.15, -0.1) is 0 Å². The number of benzene rings is 2. The van der Waals surface area contributed by atoms with Crippen molar-refractivity contribution in [1.82, 2.24) is 9.97 Å². The molecule has 0 saturated carbocycles. The molecule has 2 atom stereocenters. The Labute approximate surface area is 210 Å². The second-order valence-corrected chi connectivity index (χ2v) is 8.87. The normalized spacial score (nSPS) is 17.8. The molecule has 1 aliphatic heterocycles. The highest BCUT2D eigenvalue weighted by Crippen LogP contribution is 2.35. The van der Waals surface area contributed by atoms with Gasteiger partial charge in [-0.25, -0.2) is 13.8 Å². The molecule has 10 heteroatoms. The van der Waals surface area contributed by atoms with Gasteiger partial charge in [0.1, 0.15) is 17.2 Å². The van der Waals surface area contributed by atoms with Crippen LogP contribution in [0.4, 0.5) is 14.5 Å². The van der Waals surface area contributed by atoms with E-state index in [4.69, 9.17) is 21.1 Å². The van der Waals surface area contributed by atoms with Gasteiger partial charge in [0, 0.05) is 18.3 Å². The molecule has 0 radical (unpaired) electrons. The molecular formula is C26H22ClF2N3O4. The Kier molecular flexibility index (Phi) is 6.86. The number of carbonyl (C=O) groups excluding carboxylic acids is 1. The van der Waals surface area contributed by atoms with Gasteiger partial charge in [0.25, 0.3) is 0 Å². The van der Waals surface area contributed by atoms with Crippen LogP contribution in [0.5, 0.6) is 11.5 Å². The molecule has 0 bridgehead atoms. The maximum atomic E-state index is 15.0. The highest BCUT2D eigenvalue weighted by Gasteiger charge is 2.26. The molecule has 2 aromatic heterocycles. The topological polar surface area (TPSA) is 96.5 Å². The van der Waals surface area contributed by atoms with Gasteiger partial charge in [0.05, 0.1) is 52.7 Å². The summed E-state index contributed by atoms with van der Waals surface area (Å²) in [5.41, 5.74) is 0.904. The number of nitrogens with one attached hydrogen (secondary N) is 2. The number of nitrogens with zero attached hydrogens (tertiary/aromatic N) is 1. The lowest BCUT2D eigenvalue weighted by atomic mass is 10.0. The first-order valence-corrected chi connectivity index (χ1v) is 11.7. The Hall–Kier alpha value is -3.53. The standard InChI is InChI=1S/C26H22ClF2N3O4/c27-19-11-31-26-23(24(19)32-14-5-6-16(12-33)35-13-14)18(10-30-26)25(34)17-8-7-15(9-21(17)29)36-22-4-2-1-3-20(22)28/h1-4,7-11,14,16,33H,5-6,12-13H2,(H2,30,31,32)/t14-,16+/m1/s1. The van der Waals surface area contributed by atoms with Gasteiger partial charge in [0.2, 0.25) is 0 Å². The third-order valence-corrected chi connectivity index (χ3v) is 6.36. The predicted molar refractivity (Wildman–Crippen MR) is 131 cm³/mol. The molecule has 3 N–H and O–H groups in total. The van der Waals surface area contributed by atoms with Crippen molar-refractivity contribution in [2.45, 2.75) is 25.0 Å². The average molecular weight is 514 g/mol. The fraction of sp³-hybridized carbons (Fsp3) is 0.231. The van der Waals surface area contributed by atoms with Gasteiger partial charge < -0.3 is 24.9 Å². The molecule has 186 valence electrons. The number of aliphatic hydroxyl groups is 1. The van der Waals surface area contributed by atoms with E-state index in [1.165, 1.54) is 42.7 Å². The number of aromatic nitrogens is 2. The molecule has 36 heavy (non-hydrogen) atoms. The van der Waals surface area contributed by atoms with E-state index >= 15 is 4.39 Å². The van der Waals surface area contributed by atoms with Crippen molar-refractivity contribution in [3.8, 4) is 11.5 Å². The summed E-state index contributed by atoms with van der Waals surface area (Å²) in [4.78, 5) is 20.6. The molecule has 0 spiro atoms. The monoisotopic (exact) mass is 513 g/mol. The fourth-order valence-corrected chi connectivity index (χ4v) is 4.40. The smallest absolute Gasteiger partial charge is 0.198 e. The molecule has 0 amide bonds. The molecule has 2 aromatic carbocycles. The molecule has 7 nitrogen and oxygen atoms in total. The van der Waals surface area contributed by atoms with Crippen LogP contribution < -0.4 is 10.1 Å². The highest BCUT2D eigenvalue weighted by atomic mass is 35.5. The molecule has 0 aliphatic carbocycles. The summed E-state index contributed by atoms with van der Waals surface area (Å²) in [6.45, 7) is 0.316. The Balaban J connectivity index is 1.44. The molecule has 1 fully saturated rings. The Bertz CT molecular complexity index is 1420. The second kappa shape index (κ2) is 10.2. The van der Waals surface area contributed by atoms with Crippen LogP contribution >= 0.6 is 11.6 Å². The number of halogens is 3. The SMILES string of the molecule is O=C(c1ccc(Oc2ccccc2F)cc1F)c1c[nH]c2ncc(Cl)c(N[C@@H]3CC[C@@H](CO)OC3)c12. The number of anilines is 1. The van der Waals surface area contributed by atoms with Crippen LogP contribution in [0.3, 0.4) is 0 Å². The van der Waals surface area contributed by atoms with Crippen molar-refractivity contribution in [2.75, 3.05) is 18.5 Å². The highest BCUT2D eigenvalue weighted by molar-refractivity contribution is 6.35. The van der Waals surface area contributed by atoms with E-state index < -0.39 is 17.4 Å². The van der Waals surface area contributed by atoms with Crippen molar-refractivity contribution in [2.24, 2.45) is 0 Å². The van der Waals surface area contributed by atoms with Crippen molar-refractivity contribution < 1.29 is 28.2 Å². The van der Waals surface area contributed by atoms with Gasteiger partial charge in [-0.3, -0.25) is 4.79 Å². The lowest BCUT2D eigenvalue weighted by Gasteiger charge is -2.29. The van der Waals surface area contributed by atoms with Crippen molar-refractivity contribution in [3.05, 3.63) is 82.6 Å². The minimum atomic E-state index is -0.816. The Morgan fingerprint density at radius 1 is 1.19 bits per heavy atom. The molecule has 0 unspecified atom stereocenters. The minimum absolute atomic E-state index is 0.0425. The second-order valence-electron chi connectivity index (χ2n) is 8.47. The number of carbonyl (C=O) groups is 1. The maximum absolute atomic E-state index is 15.0.